The Hall–Kier alpha value is -1.53. The average Bonchev–Trinajstić information content (AvgIpc) is 2.59. The van der Waals surface area contributed by atoms with Gasteiger partial charge in [-0.2, -0.15) is 0 Å². The van der Waals surface area contributed by atoms with Crippen molar-refractivity contribution in [2.75, 3.05) is 0 Å². The highest BCUT2D eigenvalue weighted by Gasteiger charge is 2.09. The molecule has 130 valence electrons. The molecule has 1 nitrogen and oxygen atoms in total. The SMILES string of the molecule is Cc1cc2sc3cc4sc5cc(C)c(C)cc5sc4nc3sc2cc1C. The van der Waals surface area contributed by atoms with Crippen LogP contribution in [0.2, 0.25) is 0 Å². The Bertz CT molecular complexity index is 1170. The summed E-state index contributed by atoms with van der Waals surface area (Å²) in [5.74, 6) is 0. The molecule has 0 N–H and O–H groups in total. The summed E-state index contributed by atoms with van der Waals surface area (Å²) in [7, 11) is 0. The summed E-state index contributed by atoms with van der Waals surface area (Å²) >= 11 is 7.34. The van der Waals surface area contributed by atoms with E-state index in [0.717, 1.165) is 9.66 Å². The maximum Gasteiger partial charge on any atom is 0.135 e. The minimum Gasteiger partial charge on any atom is -0.224 e. The van der Waals surface area contributed by atoms with Crippen LogP contribution in [0.4, 0.5) is 0 Å². The standard InChI is InChI=1S/C21H17NS4/c1-10-5-14-16(7-12(10)3)25-20-18(23-14)9-19-21(22-20)26-17-8-13(4)11(2)6-15(17)24-19/h5-9H,1-4H3. The zero-order chi connectivity index (χ0) is 18.0. The van der Waals surface area contributed by atoms with E-state index in [1.165, 1.54) is 50.5 Å². The molecular weight excluding hydrogens is 395 g/mol. The van der Waals surface area contributed by atoms with Gasteiger partial charge in [0.1, 0.15) is 9.66 Å². The smallest absolute Gasteiger partial charge is 0.135 e. The summed E-state index contributed by atoms with van der Waals surface area (Å²) in [4.78, 5) is 7.33. The Morgan fingerprint density at radius 2 is 0.808 bits per heavy atom. The zero-order valence-electron chi connectivity index (χ0n) is 15.0. The van der Waals surface area contributed by atoms with Crippen molar-refractivity contribution >= 4 is 83.2 Å². The number of nitrogens with zero attached hydrogens (tertiary/aromatic N) is 1. The first kappa shape index (κ1) is 16.6. The van der Waals surface area contributed by atoms with E-state index in [9.17, 15) is 0 Å². The molecule has 0 aliphatic heterocycles. The molecule has 5 heteroatoms. The van der Waals surface area contributed by atoms with Gasteiger partial charge < -0.3 is 0 Å². The van der Waals surface area contributed by atoms with Crippen LogP contribution in [-0.2, 0) is 0 Å². The Balaban J connectivity index is 1.86. The van der Waals surface area contributed by atoms with Crippen molar-refractivity contribution in [3.63, 3.8) is 0 Å². The third-order valence-electron chi connectivity index (χ3n) is 4.86. The molecule has 0 spiro atoms. The summed E-state index contributed by atoms with van der Waals surface area (Å²) in [6, 6.07) is 11.6. The summed E-state index contributed by atoms with van der Waals surface area (Å²) in [5.41, 5.74) is 5.41. The van der Waals surface area contributed by atoms with E-state index in [-0.39, 0.29) is 0 Å². The lowest BCUT2D eigenvalue weighted by molar-refractivity contribution is 1.37. The fourth-order valence-corrected chi connectivity index (χ4v) is 7.84. The van der Waals surface area contributed by atoms with Crippen LogP contribution in [0, 0.1) is 27.7 Å². The molecule has 0 unspecified atom stereocenters. The van der Waals surface area contributed by atoms with Gasteiger partial charge in [-0.05, 0) is 80.3 Å². The predicted molar refractivity (Wildman–Crippen MR) is 122 cm³/mol. The van der Waals surface area contributed by atoms with Gasteiger partial charge in [-0.25, -0.2) is 4.98 Å². The highest BCUT2D eigenvalue weighted by Crippen LogP contribution is 2.39. The van der Waals surface area contributed by atoms with E-state index >= 15 is 0 Å². The number of fused-ring (bicyclic) bond motifs is 4. The van der Waals surface area contributed by atoms with Crippen molar-refractivity contribution in [3.05, 3.63) is 52.6 Å². The molecule has 0 aliphatic carbocycles. The van der Waals surface area contributed by atoms with Crippen molar-refractivity contribution in [3.8, 4) is 0 Å². The Morgan fingerprint density at radius 3 is 1.19 bits per heavy atom. The molecule has 0 amide bonds. The van der Waals surface area contributed by atoms with Crippen LogP contribution in [-0.4, -0.2) is 4.98 Å². The van der Waals surface area contributed by atoms with Crippen molar-refractivity contribution in [2.24, 2.45) is 0 Å². The monoisotopic (exact) mass is 411 g/mol. The molecule has 2 aromatic carbocycles. The van der Waals surface area contributed by atoms with Crippen LogP contribution < -0.4 is 0 Å². The van der Waals surface area contributed by atoms with Crippen LogP contribution >= 0.6 is 45.3 Å². The van der Waals surface area contributed by atoms with Crippen molar-refractivity contribution in [1.29, 1.82) is 0 Å². The van der Waals surface area contributed by atoms with Crippen LogP contribution in [0.5, 0.6) is 0 Å². The third-order valence-corrected chi connectivity index (χ3v) is 9.68. The Labute approximate surface area is 167 Å². The first-order valence-corrected chi connectivity index (χ1v) is 11.7. The van der Waals surface area contributed by atoms with E-state index in [1.807, 2.05) is 45.3 Å². The largest absolute Gasteiger partial charge is 0.224 e. The second-order valence-corrected chi connectivity index (χ2v) is 11.0. The minimum atomic E-state index is 1.14. The fourth-order valence-electron chi connectivity index (χ4n) is 3.03. The van der Waals surface area contributed by atoms with Crippen LogP contribution in [0.3, 0.4) is 0 Å². The van der Waals surface area contributed by atoms with Crippen LogP contribution in [0.25, 0.3) is 37.9 Å². The second-order valence-electron chi connectivity index (χ2n) is 6.77. The molecule has 0 fully saturated rings. The fraction of sp³-hybridized carbons (Fsp3) is 0.190. The number of hydrogen-bond donors (Lipinski definition) is 0. The summed E-state index contributed by atoms with van der Waals surface area (Å²) in [5, 5.41) is 0. The molecule has 0 saturated carbocycles. The Kier molecular flexibility index (Phi) is 3.83. The van der Waals surface area contributed by atoms with Crippen molar-refractivity contribution in [2.45, 2.75) is 27.7 Å². The molecular formula is C21H17NS4. The van der Waals surface area contributed by atoms with Crippen molar-refractivity contribution < 1.29 is 0 Å². The van der Waals surface area contributed by atoms with Crippen LogP contribution in [0.15, 0.2) is 30.3 Å². The maximum absolute atomic E-state index is 5.04. The van der Waals surface area contributed by atoms with Crippen molar-refractivity contribution in [1.82, 2.24) is 4.98 Å². The first-order chi connectivity index (χ1) is 12.5. The average molecular weight is 412 g/mol. The van der Waals surface area contributed by atoms with Gasteiger partial charge in [0.15, 0.2) is 0 Å². The van der Waals surface area contributed by atoms with Gasteiger partial charge in [0.05, 0.1) is 9.40 Å². The molecule has 26 heavy (non-hydrogen) atoms. The highest BCUT2D eigenvalue weighted by molar-refractivity contribution is 7.38. The number of pyridine rings is 1. The maximum atomic E-state index is 5.04. The third kappa shape index (κ3) is 2.65. The first-order valence-electron chi connectivity index (χ1n) is 8.47. The van der Waals surface area contributed by atoms with E-state index < -0.39 is 0 Å². The molecule has 3 heterocycles. The lowest BCUT2D eigenvalue weighted by Gasteiger charge is -2.07. The topological polar surface area (TPSA) is 12.9 Å². The molecule has 0 bridgehead atoms. The lowest BCUT2D eigenvalue weighted by atomic mass is 10.1. The van der Waals surface area contributed by atoms with Gasteiger partial charge >= 0.3 is 0 Å². The number of aromatic nitrogens is 1. The van der Waals surface area contributed by atoms with Crippen LogP contribution in [0.1, 0.15) is 22.3 Å². The number of rotatable bonds is 0. The minimum absolute atomic E-state index is 1.14. The summed E-state index contributed by atoms with van der Waals surface area (Å²) in [6.07, 6.45) is 0. The van der Waals surface area contributed by atoms with E-state index in [1.54, 1.807) is 0 Å². The molecule has 0 aliphatic rings. The van der Waals surface area contributed by atoms with Gasteiger partial charge in [0.2, 0.25) is 0 Å². The molecule has 0 saturated heterocycles. The van der Waals surface area contributed by atoms with Gasteiger partial charge in [-0.3, -0.25) is 0 Å². The van der Waals surface area contributed by atoms with Gasteiger partial charge in [-0.15, -0.1) is 45.3 Å². The highest BCUT2D eigenvalue weighted by atomic mass is 32.1. The molecule has 0 radical (unpaired) electrons. The molecule has 5 aromatic rings. The van der Waals surface area contributed by atoms with E-state index in [2.05, 4.69) is 58.0 Å². The van der Waals surface area contributed by atoms with E-state index in [0.29, 0.717) is 0 Å². The quantitative estimate of drug-likeness (QED) is 0.233. The second kappa shape index (κ2) is 5.99. The molecule has 3 aromatic heterocycles. The van der Waals surface area contributed by atoms with E-state index in [4.69, 9.17) is 4.98 Å². The zero-order valence-corrected chi connectivity index (χ0v) is 18.2. The summed E-state index contributed by atoms with van der Waals surface area (Å²) < 4.78 is 7.94. The number of benzene rings is 2. The van der Waals surface area contributed by atoms with Gasteiger partial charge in [0, 0.05) is 18.8 Å². The van der Waals surface area contributed by atoms with Gasteiger partial charge in [0.25, 0.3) is 0 Å². The lowest BCUT2D eigenvalue weighted by Crippen LogP contribution is -1.82. The molecule has 0 atom stereocenters. The Morgan fingerprint density at radius 1 is 0.462 bits per heavy atom. The normalized spacial score (nSPS) is 11.8. The molecule has 5 rings (SSSR count). The number of aryl methyl sites for hydroxylation is 4. The number of hydrogen-bond acceptors (Lipinski definition) is 5. The predicted octanol–water partition coefficient (Wildman–Crippen LogP) is 8.30. The summed E-state index contributed by atoms with van der Waals surface area (Å²) in [6.45, 7) is 8.75. The van der Waals surface area contributed by atoms with Gasteiger partial charge in [-0.1, -0.05) is 0 Å².